The Morgan fingerprint density at radius 1 is 1.12 bits per heavy atom. The molecule has 1 N–H and O–H groups in total. The highest BCUT2D eigenvalue weighted by atomic mass is 32.2. The number of nitrogens with one attached hydrogen (secondary N) is 1. The van der Waals surface area contributed by atoms with Crippen molar-refractivity contribution in [2.24, 2.45) is 0 Å². The molecule has 1 heterocycles. The molecule has 0 bridgehead atoms. The van der Waals surface area contributed by atoms with Crippen LogP contribution in [0.5, 0.6) is 0 Å². The van der Waals surface area contributed by atoms with Crippen LogP contribution in [0, 0.1) is 6.92 Å². The molecule has 7 nitrogen and oxygen atoms in total. The maximum atomic E-state index is 12.3. The van der Waals surface area contributed by atoms with Crippen molar-refractivity contribution < 1.29 is 18.0 Å². The molecule has 136 valence electrons. The van der Waals surface area contributed by atoms with Crippen LogP contribution in [0.25, 0.3) is 0 Å². The molecule has 0 unspecified atom stereocenters. The van der Waals surface area contributed by atoms with Gasteiger partial charge in [0.05, 0.1) is 11.4 Å². The predicted molar refractivity (Wildman–Crippen MR) is 92.9 cm³/mol. The molecular weight excluding hydrogens is 342 g/mol. The lowest BCUT2D eigenvalue weighted by atomic mass is 10.2. The number of carbonyl (C=O) groups excluding carboxylic acids is 2. The van der Waals surface area contributed by atoms with Crippen molar-refractivity contribution in [2.45, 2.75) is 30.7 Å². The maximum Gasteiger partial charge on any atom is 0.341 e. The van der Waals surface area contributed by atoms with Crippen LogP contribution in [-0.4, -0.2) is 68.1 Å². The summed E-state index contributed by atoms with van der Waals surface area (Å²) in [6, 6.07) is 6.97. The van der Waals surface area contributed by atoms with Gasteiger partial charge in [-0.1, -0.05) is 18.2 Å². The van der Waals surface area contributed by atoms with E-state index in [1.54, 1.807) is 30.0 Å². The van der Waals surface area contributed by atoms with Crippen molar-refractivity contribution in [2.75, 3.05) is 32.7 Å². The molecule has 0 aromatic heterocycles. The van der Waals surface area contributed by atoms with Gasteiger partial charge in [-0.2, -0.15) is 0 Å². The van der Waals surface area contributed by atoms with Crippen LogP contribution in [0.4, 0.5) is 4.79 Å². The van der Waals surface area contributed by atoms with Gasteiger partial charge < -0.3 is 10.2 Å². The molecular formula is C17H23N3O4S. The first-order chi connectivity index (χ1) is 11.9. The summed E-state index contributed by atoms with van der Waals surface area (Å²) >= 11 is 0. The van der Waals surface area contributed by atoms with E-state index in [1.165, 1.54) is 18.9 Å². The van der Waals surface area contributed by atoms with Gasteiger partial charge in [0.25, 0.3) is 9.84 Å². The van der Waals surface area contributed by atoms with E-state index in [2.05, 4.69) is 10.2 Å². The standard InChI is InChI=1S/C17H23N3O4S/c1-13-4-2-3-5-15(13)25(23,24)17(22)18-12-16(21)20-10-8-19(9-11-20)14-6-7-14/h2-5,14H,6-12H2,1H3,(H,18,22). The summed E-state index contributed by atoms with van der Waals surface area (Å²) in [7, 11) is -4.14. The summed E-state index contributed by atoms with van der Waals surface area (Å²) in [5.74, 6) is -0.246. The van der Waals surface area contributed by atoms with Gasteiger partial charge in [0.1, 0.15) is 0 Å². The zero-order valence-electron chi connectivity index (χ0n) is 14.3. The predicted octanol–water partition coefficient (Wildman–Crippen LogP) is 0.785. The molecule has 1 saturated carbocycles. The average molecular weight is 365 g/mol. The molecule has 3 rings (SSSR count). The molecule has 8 heteroatoms. The van der Waals surface area contributed by atoms with Crippen LogP contribution in [0.2, 0.25) is 0 Å². The van der Waals surface area contributed by atoms with Gasteiger partial charge in [-0.25, -0.2) is 8.42 Å². The smallest absolute Gasteiger partial charge is 0.339 e. The van der Waals surface area contributed by atoms with Gasteiger partial charge >= 0.3 is 5.24 Å². The van der Waals surface area contributed by atoms with Crippen LogP contribution >= 0.6 is 0 Å². The molecule has 0 radical (unpaired) electrons. The van der Waals surface area contributed by atoms with Crippen LogP contribution in [0.15, 0.2) is 29.2 Å². The highest BCUT2D eigenvalue weighted by Crippen LogP contribution is 2.27. The largest absolute Gasteiger partial charge is 0.341 e. The first kappa shape index (κ1) is 17.9. The number of hydrogen-bond acceptors (Lipinski definition) is 5. The summed E-state index contributed by atoms with van der Waals surface area (Å²) < 4.78 is 24.6. The fourth-order valence-corrected chi connectivity index (χ4v) is 4.30. The second-order valence-electron chi connectivity index (χ2n) is 6.56. The molecule has 2 aliphatic rings. The highest BCUT2D eigenvalue weighted by Gasteiger charge is 2.32. The van der Waals surface area contributed by atoms with Gasteiger partial charge in [-0.05, 0) is 31.4 Å². The Labute approximate surface area is 147 Å². The number of sulfone groups is 1. The van der Waals surface area contributed by atoms with Crippen molar-refractivity contribution >= 4 is 21.0 Å². The lowest BCUT2D eigenvalue weighted by molar-refractivity contribution is -0.131. The summed E-state index contributed by atoms with van der Waals surface area (Å²) in [4.78, 5) is 28.3. The van der Waals surface area contributed by atoms with Crippen molar-refractivity contribution in [3.8, 4) is 0 Å². The monoisotopic (exact) mass is 365 g/mol. The first-order valence-electron chi connectivity index (χ1n) is 8.50. The van der Waals surface area contributed by atoms with Crippen LogP contribution in [-0.2, 0) is 14.6 Å². The molecule has 2 amide bonds. The number of aryl methyl sites for hydroxylation is 1. The topological polar surface area (TPSA) is 86.8 Å². The lowest BCUT2D eigenvalue weighted by Gasteiger charge is -2.34. The zero-order valence-corrected chi connectivity index (χ0v) is 15.1. The molecule has 1 aromatic rings. The van der Waals surface area contributed by atoms with Gasteiger partial charge in [-0.3, -0.25) is 14.5 Å². The van der Waals surface area contributed by atoms with Crippen LogP contribution in [0.3, 0.4) is 0 Å². The maximum absolute atomic E-state index is 12.3. The Balaban J connectivity index is 1.53. The van der Waals surface area contributed by atoms with E-state index in [0.29, 0.717) is 24.7 Å². The molecule has 0 atom stereocenters. The van der Waals surface area contributed by atoms with E-state index in [4.69, 9.17) is 0 Å². The number of piperazine rings is 1. The van der Waals surface area contributed by atoms with E-state index in [9.17, 15) is 18.0 Å². The summed E-state index contributed by atoms with van der Waals surface area (Å²) in [5, 5.41) is 1.13. The lowest BCUT2D eigenvalue weighted by Crippen LogP contribution is -2.51. The minimum Gasteiger partial charge on any atom is -0.339 e. The second kappa shape index (κ2) is 7.13. The first-order valence-corrected chi connectivity index (χ1v) is 9.98. The van der Waals surface area contributed by atoms with Crippen molar-refractivity contribution in [3.63, 3.8) is 0 Å². The fourth-order valence-electron chi connectivity index (χ4n) is 3.09. The van der Waals surface area contributed by atoms with Gasteiger partial charge in [0.15, 0.2) is 0 Å². The molecule has 1 aromatic carbocycles. The van der Waals surface area contributed by atoms with E-state index in [-0.39, 0.29) is 17.3 Å². The molecule has 1 saturated heterocycles. The summed E-state index contributed by atoms with van der Waals surface area (Å²) in [5.41, 5.74) is 0.500. The number of rotatable bonds is 4. The minimum absolute atomic E-state index is 0.0296. The minimum atomic E-state index is -4.14. The Morgan fingerprint density at radius 2 is 1.76 bits per heavy atom. The quantitative estimate of drug-likeness (QED) is 0.852. The molecule has 1 aliphatic carbocycles. The van der Waals surface area contributed by atoms with E-state index in [0.717, 1.165) is 13.1 Å². The molecule has 2 fully saturated rings. The SMILES string of the molecule is Cc1ccccc1S(=O)(=O)C(=O)NCC(=O)N1CCN(C2CC2)CC1. The fraction of sp³-hybridized carbons (Fsp3) is 0.529. The molecule has 1 aliphatic heterocycles. The normalized spacial score (nSPS) is 18.8. The Bertz CT molecular complexity index is 766. The van der Waals surface area contributed by atoms with Gasteiger partial charge in [-0.15, -0.1) is 0 Å². The van der Waals surface area contributed by atoms with Crippen LogP contribution in [0.1, 0.15) is 18.4 Å². The van der Waals surface area contributed by atoms with E-state index >= 15 is 0 Å². The molecule has 25 heavy (non-hydrogen) atoms. The average Bonchev–Trinajstić information content (AvgIpc) is 3.44. The van der Waals surface area contributed by atoms with Crippen molar-refractivity contribution in [3.05, 3.63) is 29.8 Å². The van der Waals surface area contributed by atoms with Crippen molar-refractivity contribution in [1.29, 1.82) is 0 Å². The summed E-state index contributed by atoms with van der Waals surface area (Å²) in [6.45, 7) is 4.25. The Hall–Kier alpha value is -1.93. The Morgan fingerprint density at radius 3 is 2.36 bits per heavy atom. The third-order valence-electron chi connectivity index (χ3n) is 4.74. The Kier molecular flexibility index (Phi) is 5.10. The number of nitrogens with zero attached hydrogens (tertiary/aromatic N) is 2. The van der Waals surface area contributed by atoms with Gasteiger partial charge in [0, 0.05) is 32.2 Å². The highest BCUT2D eigenvalue weighted by molar-refractivity contribution is 8.06. The van der Waals surface area contributed by atoms with Crippen molar-refractivity contribution in [1.82, 2.24) is 15.1 Å². The zero-order chi connectivity index (χ0) is 18.0. The number of hydrogen-bond donors (Lipinski definition) is 1. The second-order valence-corrected chi connectivity index (χ2v) is 8.38. The summed E-state index contributed by atoms with van der Waals surface area (Å²) in [6.07, 6.45) is 2.47. The number of amides is 2. The van der Waals surface area contributed by atoms with Crippen LogP contribution < -0.4 is 5.32 Å². The number of carbonyl (C=O) groups is 2. The third-order valence-corrected chi connectivity index (χ3v) is 6.41. The van der Waals surface area contributed by atoms with E-state index < -0.39 is 15.1 Å². The third kappa shape index (κ3) is 4.01. The number of benzene rings is 1. The van der Waals surface area contributed by atoms with E-state index in [1.807, 2.05) is 0 Å². The molecule has 0 spiro atoms. The van der Waals surface area contributed by atoms with Gasteiger partial charge in [0.2, 0.25) is 5.91 Å².